The van der Waals surface area contributed by atoms with Gasteiger partial charge in [0, 0.05) is 20.2 Å². The summed E-state index contributed by atoms with van der Waals surface area (Å²) in [5, 5.41) is 9.54. The van der Waals surface area contributed by atoms with Crippen LogP contribution in [-0.2, 0) is 15.1 Å². The van der Waals surface area contributed by atoms with Crippen molar-refractivity contribution in [2.75, 3.05) is 33.4 Å². The lowest BCUT2D eigenvalue weighted by Crippen LogP contribution is -2.53. The molecule has 1 aromatic rings. The molecule has 0 saturated carbocycles. The number of hydrogen-bond donors (Lipinski definition) is 2. The summed E-state index contributed by atoms with van der Waals surface area (Å²) in [6.07, 6.45) is 1.03. The maximum Gasteiger partial charge on any atom is 0.329 e. The average Bonchev–Trinajstić information content (AvgIpc) is 2.87. The molecule has 0 radical (unpaired) electrons. The van der Waals surface area contributed by atoms with Crippen LogP contribution in [0.3, 0.4) is 0 Å². The van der Waals surface area contributed by atoms with Gasteiger partial charge in [0.15, 0.2) is 5.54 Å². The van der Waals surface area contributed by atoms with E-state index in [2.05, 4.69) is 4.90 Å². The summed E-state index contributed by atoms with van der Waals surface area (Å²) in [6, 6.07) is 9.04. The van der Waals surface area contributed by atoms with Gasteiger partial charge in [-0.15, -0.1) is 0 Å². The molecule has 1 aliphatic heterocycles. The summed E-state index contributed by atoms with van der Waals surface area (Å²) in [5.41, 5.74) is 5.47. The number of methoxy groups -OCH3 is 1. The molecule has 2 atom stereocenters. The topological polar surface area (TPSA) is 75.8 Å². The fourth-order valence-corrected chi connectivity index (χ4v) is 2.80. The Bertz CT molecular complexity index is 452. The molecule has 1 heterocycles. The van der Waals surface area contributed by atoms with Crippen LogP contribution in [0.5, 0.6) is 0 Å². The zero-order valence-corrected chi connectivity index (χ0v) is 11.8. The largest absolute Gasteiger partial charge is 0.480 e. The second-order valence-corrected chi connectivity index (χ2v) is 5.49. The van der Waals surface area contributed by atoms with Crippen molar-refractivity contribution in [3.05, 3.63) is 35.9 Å². The molecule has 2 unspecified atom stereocenters. The molecule has 1 saturated heterocycles. The van der Waals surface area contributed by atoms with Crippen molar-refractivity contribution in [1.29, 1.82) is 0 Å². The highest BCUT2D eigenvalue weighted by molar-refractivity contribution is 5.80. The number of nitrogens with two attached hydrogens (primary N) is 1. The number of hydrogen-bond acceptors (Lipinski definition) is 4. The highest BCUT2D eigenvalue weighted by atomic mass is 16.5. The molecule has 0 bridgehead atoms. The third kappa shape index (κ3) is 3.17. The lowest BCUT2D eigenvalue weighted by atomic mass is 9.90. The van der Waals surface area contributed by atoms with Gasteiger partial charge >= 0.3 is 5.97 Å². The van der Waals surface area contributed by atoms with Crippen molar-refractivity contribution in [2.24, 2.45) is 11.7 Å². The number of carbonyl (C=O) groups is 1. The molecule has 20 heavy (non-hydrogen) atoms. The zero-order valence-electron chi connectivity index (χ0n) is 11.8. The molecule has 1 aromatic carbocycles. The minimum Gasteiger partial charge on any atom is -0.480 e. The summed E-state index contributed by atoms with van der Waals surface area (Å²) in [4.78, 5) is 13.8. The summed E-state index contributed by atoms with van der Waals surface area (Å²) >= 11 is 0. The van der Waals surface area contributed by atoms with Crippen LogP contribution in [0.2, 0.25) is 0 Å². The standard InChI is InChI=1S/C15H22N2O3/c1-20-10-12-7-8-17(9-12)11-15(16,14(18)19)13-5-3-2-4-6-13/h2-6,12H,7-11,16H2,1H3,(H,18,19). The van der Waals surface area contributed by atoms with E-state index in [0.717, 1.165) is 19.5 Å². The first-order valence-corrected chi connectivity index (χ1v) is 6.85. The van der Waals surface area contributed by atoms with Crippen molar-refractivity contribution >= 4 is 5.97 Å². The smallest absolute Gasteiger partial charge is 0.329 e. The predicted molar refractivity (Wildman–Crippen MR) is 76.4 cm³/mol. The molecule has 1 aliphatic rings. The number of carboxylic acids is 1. The normalized spacial score (nSPS) is 22.6. The van der Waals surface area contributed by atoms with Crippen molar-refractivity contribution in [3.63, 3.8) is 0 Å². The van der Waals surface area contributed by atoms with Crippen molar-refractivity contribution in [2.45, 2.75) is 12.0 Å². The number of rotatable bonds is 6. The molecule has 2 rings (SSSR count). The van der Waals surface area contributed by atoms with E-state index >= 15 is 0 Å². The number of benzene rings is 1. The maximum atomic E-state index is 11.6. The Hall–Kier alpha value is -1.43. The Kier molecular flexibility index (Phi) is 4.75. The van der Waals surface area contributed by atoms with E-state index in [-0.39, 0.29) is 0 Å². The molecule has 3 N–H and O–H groups in total. The highest BCUT2D eigenvalue weighted by Gasteiger charge is 2.39. The minimum atomic E-state index is -1.36. The monoisotopic (exact) mass is 278 g/mol. The number of likely N-dealkylation sites (tertiary alicyclic amines) is 1. The Morgan fingerprint density at radius 3 is 2.80 bits per heavy atom. The zero-order chi connectivity index (χ0) is 14.6. The van der Waals surface area contributed by atoms with Gasteiger partial charge in [0.2, 0.25) is 0 Å². The van der Waals surface area contributed by atoms with Crippen LogP contribution >= 0.6 is 0 Å². The highest BCUT2D eigenvalue weighted by Crippen LogP contribution is 2.24. The van der Waals surface area contributed by atoms with E-state index in [1.54, 1.807) is 19.2 Å². The fourth-order valence-electron chi connectivity index (χ4n) is 2.80. The van der Waals surface area contributed by atoms with Gasteiger partial charge in [-0.1, -0.05) is 30.3 Å². The van der Waals surface area contributed by atoms with E-state index in [1.165, 1.54) is 0 Å². The number of aliphatic carboxylic acids is 1. The molecular formula is C15H22N2O3. The van der Waals surface area contributed by atoms with Crippen LogP contribution in [0.1, 0.15) is 12.0 Å². The SMILES string of the molecule is COCC1CCN(CC(N)(C(=O)O)c2ccccc2)C1. The number of nitrogens with zero attached hydrogens (tertiary/aromatic N) is 1. The third-order valence-electron chi connectivity index (χ3n) is 3.92. The van der Waals surface area contributed by atoms with E-state index in [0.29, 0.717) is 24.6 Å². The van der Waals surface area contributed by atoms with E-state index < -0.39 is 11.5 Å². The molecule has 110 valence electrons. The van der Waals surface area contributed by atoms with Gasteiger partial charge in [0.25, 0.3) is 0 Å². The Balaban J connectivity index is 2.09. The fraction of sp³-hybridized carbons (Fsp3) is 0.533. The van der Waals surface area contributed by atoms with Crippen LogP contribution < -0.4 is 5.73 Å². The summed E-state index contributed by atoms with van der Waals surface area (Å²) in [5.74, 6) is -0.521. The van der Waals surface area contributed by atoms with Gasteiger partial charge in [-0.3, -0.25) is 0 Å². The molecule has 5 nitrogen and oxygen atoms in total. The van der Waals surface area contributed by atoms with Crippen LogP contribution in [0.15, 0.2) is 30.3 Å². The Labute approximate surface area is 119 Å². The van der Waals surface area contributed by atoms with Gasteiger partial charge in [-0.25, -0.2) is 4.79 Å². The Morgan fingerprint density at radius 1 is 1.50 bits per heavy atom. The first kappa shape index (κ1) is 15.0. The molecule has 0 spiro atoms. The van der Waals surface area contributed by atoms with Crippen LogP contribution in [0.25, 0.3) is 0 Å². The molecular weight excluding hydrogens is 256 g/mol. The number of ether oxygens (including phenoxy) is 1. The summed E-state index contributed by atoms with van der Waals surface area (Å²) in [7, 11) is 1.69. The van der Waals surface area contributed by atoms with Crippen molar-refractivity contribution in [3.8, 4) is 0 Å². The lowest BCUT2D eigenvalue weighted by molar-refractivity contribution is -0.144. The first-order chi connectivity index (χ1) is 9.56. The van der Waals surface area contributed by atoms with E-state index in [9.17, 15) is 9.90 Å². The molecule has 0 aromatic heterocycles. The minimum absolute atomic E-state index is 0.326. The van der Waals surface area contributed by atoms with Crippen LogP contribution in [-0.4, -0.2) is 49.3 Å². The quantitative estimate of drug-likeness (QED) is 0.808. The Morgan fingerprint density at radius 2 is 2.20 bits per heavy atom. The molecule has 0 amide bonds. The van der Waals surface area contributed by atoms with Gasteiger partial charge in [0.1, 0.15) is 0 Å². The summed E-state index contributed by atoms with van der Waals surface area (Å²) < 4.78 is 5.16. The van der Waals surface area contributed by atoms with Crippen LogP contribution in [0.4, 0.5) is 0 Å². The van der Waals surface area contributed by atoms with Crippen molar-refractivity contribution < 1.29 is 14.6 Å². The predicted octanol–water partition coefficient (Wildman–Crippen LogP) is 0.894. The average molecular weight is 278 g/mol. The summed E-state index contributed by atoms with van der Waals surface area (Å²) in [6.45, 7) is 2.75. The number of carboxylic acid groups (broad SMARTS) is 1. The molecule has 5 heteroatoms. The van der Waals surface area contributed by atoms with Gasteiger partial charge < -0.3 is 20.5 Å². The van der Waals surface area contributed by atoms with E-state index in [4.69, 9.17) is 10.5 Å². The lowest BCUT2D eigenvalue weighted by Gasteiger charge is -2.30. The van der Waals surface area contributed by atoms with Gasteiger partial charge in [-0.05, 0) is 24.4 Å². The first-order valence-electron chi connectivity index (χ1n) is 6.85. The molecule has 0 aliphatic carbocycles. The van der Waals surface area contributed by atoms with Crippen LogP contribution in [0, 0.1) is 5.92 Å². The van der Waals surface area contributed by atoms with E-state index in [1.807, 2.05) is 18.2 Å². The molecule has 1 fully saturated rings. The maximum absolute atomic E-state index is 11.6. The van der Waals surface area contributed by atoms with Crippen molar-refractivity contribution in [1.82, 2.24) is 4.90 Å². The van der Waals surface area contributed by atoms with Gasteiger partial charge in [0.05, 0.1) is 6.61 Å². The second-order valence-electron chi connectivity index (χ2n) is 5.49. The third-order valence-corrected chi connectivity index (χ3v) is 3.92. The second kappa shape index (κ2) is 6.35. The van der Waals surface area contributed by atoms with Gasteiger partial charge in [-0.2, -0.15) is 0 Å².